The molecule has 13 aromatic carbocycles. The van der Waals surface area contributed by atoms with E-state index in [1.54, 1.807) is 59.4 Å². The van der Waals surface area contributed by atoms with Gasteiger partial charge >= 0.3 is 11.9 Å². The molecule has 18 nitrogen and oxygen atoms in total. The van der Waals surface area contributed by atoms with Crippen LogP contribution in [0.1, 0.15) is 66.8 Å². The van der Waals surface area contributed by atoms with E-state index in [4.69, 9.17) is 37.6 Å². The Bertz CT molecular complexity index is 5800. The van der Waals surface area contributed by atoms with Gasteiger partial charge in [0.2, 0.25) is 6.79 Å². The summed E-state index contributed by atoms with van der Waals surface area (Å²) in [6.45, 7) is 4.15. The van der Waals surface area contributed by atoms with E-state index in [1.807, 2.05) is 236 Å². The normalized spacial score (nSPS) is 14.3. The maximum absolute atomic E-state index is 11.2. The van der Waals surface area contributed by atoms with E-state index in [1.165, 1.54) is 66.8 Å². The average molecular weight is 1710 g/mol. The molecule has 13 heterocycles. The van der Waals surface area contributed by atoms with E-state index >= 15 is 0 Å². The number of ether oxygens (including phenoxy) is 7. The second kappa shape index (κ2) is 44.5. The molecule has 26 rings (SSSR count). The number of nitrogens with zero attached hydrogens (tertiary/aromatic N) is 3. The molecule has 22 heteroatoms. The summed E-state index contributed by atoms with van der Waals surface area (Å²) in [5.41, 5.74) is 15.4. The summed E-state index contributed by atoms with van der Waals surface area (Å²) in [5, 5.41) is 25.8. The third-order valence-corrected chi connectivity index (χ3v) is 24.2. The zero-order valence-electron chi connectivity index (χ0n) is 67.0. The van der Waals surface area contributed by atoms with Gasteiger partial charge in [0.05, 0.1) is 77.0 Å². The quantitative estimate of drug-likeness (QED) is 0.106. The molecule has 4 aromatic heterocycles. The summed E-state index contributed by atoms with van der Waals surface area (Å²) >= 11 is 3.76. The second-order valence-electron chi connectivity index (χ2n) is 27.8. The summed E-state index contributed by atoms with van der Waals surface area (Å²) in [6, 6.07) is 107. The number of thioether (sulfide) groups is 1. The lowest BCUT2D eigenvalue weighted by Crippen LogP contribution is -2.07. The molecule has 0 aliphatic carbocycles. The van der Waals surface area contributed by atoms with Gasteiger partial charge in [0.15, 0.2) is 21.3 Å². The summed E-state index contributed by atoms with van der Waals surface area (Å²) in [6.07, 6.45) is 12.1. The number of thiophene rings is 1. The van der Waals surface area contributed by atoms with Crippen LogP contribution in [0.5, 0.6) is 28.7 Å². The number of carbonyl (C=O) groups excluding carboxylic acids is 2. The van der Waals surface area contributed by atoms with E-state index in [2.05, 4.69) is 116 Å². The molecule has 0 saturated heterocycles. The summed E-state index contributed by atoms with van der Waals surface area (Å²) in [4.78, 5) is 24.4. The van der Waals surface area contributed by atoms with Gasteiger partial charge in [0.25, 0.3) is 0 Å². The number of cyclic esters (lactones) is 1. The molecule has 0 radical (unpaired) electrons. The van der Waals surface area contributed by atoms with E-state index < -0.39 is 20.6 Å². The average Bonchev–Trinajstić information content (AvgIpc) is 1.72. The Labute approximate surface area is 724 Å². The van der Waals surface area contributed by atoms with Crippen LogP contribution in [0, 0.1) is 0 Å². The van der Waals surface area contributed by atoms with Crippen molar-refractivity contribution in [3.8, 4) is 28.7 Å². The minimum atomic E-state index is -3.09. The van der Waals surface area contributed by atoms with Crippen molar-refractivity contribution in [2.45, 2.75) is 66.6 Å². The monoisotopic (exact) mass is 1710 g/mol. The van der Waals surface area contributed by atoms with Crippen LogP contribution in [0.2, 0.25) is 0 Å². The third kappa shape index (κ3) is 24.7. The molecule has 123 heavy (non-hydrogen) atoms. The predicted octanol–water partition coefficient (Wildman–Crippen LogP) is 22.7. The Morgan fingerprint density at radius 3 is 1.67 bits per heavy atom. The fraction of sp³-hybridized carbons (Fsp3) is 0.119. The number of benzene rings is 13. The number of nitrogens with one attached hydrogen (secondary N) is 2. The maximum atomic E-state index is 11.2. The lowest BCUT2D eigenvalue weighted by molar-refractivity contribution is -0.131. The fourth-order valence-corrected chi connectivity index (χ4v) is 17.3. The molecule has 0 spiro atoms. The van der Waals surface area contributed by atoms with E-state index in [-0.39, 0.29) is 11.9 Å². The lowest BCUT2D eigenvalue weighted by atomic mass is 10.1. The van der Waals surface area contributed by atoms with Gasteiger partial charge in [-0.2, -0.15) is 20.5 Å². The number of para-hydroxylation sites is 9. The van der Waals surface area contributed by atoms with Gasteiger partial charge in [-0.15, -0.1) is 23.1 Å². The highest BCUT2D eigenvalue weighted by molar-refractivity contribution is 7.99. The summed E-state index contributed by atoms with van der Waals surface area (Å²) in [7, 11) is -3.96. The van der Waals surface area contributed by atoms with Gasteiger partial charge in [0.1, 0.15) is 40.5 Å². The minimum absolute atomic E-state index is 0.152. The van der Waals surface area contributed by atoms with Crippen LogP contribution in [0.25, 0.3) is 55.1 Å². The highest BCUT2D eigenvalue weighted by Gasteiger charge is 2.22. The van der Waals surface area contributed by atoms with Crippen molar-refractivity contribution in [2.75, 3.05) is 25.8 Å². The molecule has 0 saturated carbocycles. The van der Waals surface area contributed by atoms with Gasteiger partial charge in [0, 0.05) is 54.5 Å². The molecule has 0 amide bonds. The molecular formula is C101H87N5O13S4. The smallest absolute Gasteiger partial charge is 0.338 e. The first-order valence-corrected chi connectivity index (χ1v) is 44.5. The number of aromatic nitrogens is 5. The number of hydrogen-bond acceptors (Lipinski definition) is 18. The second-order valence-corrected chi connectivity index (χ2v) is 33.0. The predicted molar refractivity (Wildman–Crippen MR) is 488 cm³/mol. The summed E-state index contributed by atoms with van der Waals surface area (Å²) in [5.74, 6) is 5.48. The zero-order valence-corrected chi connectivity index (χ0v) is 70.3. The molecule has 2 N–H and O–H groups in total. The van der Waals surface area contributed by atoms with Crippen LogP contribution in [0.4, 0.5) is 0 Å². The van der Waals surface area contributed by atoms with Gasteiger partial charge in [-0.3, -0.25) is 9.89 Å². The first kappa shape index (κ1) is 85.7. The Hall–Kier alpha value is -13.7. The molecular weight excluding hydrogens is 1620 g/mol. The number of rotatable bonds is 0. The molecule has 618 valence electrons. The van der Waals surface area contributed by atoms with Crippen molar-refractivity contribution in [1.82, 2.24) is 25.6 Å². The Balaban J connectivity index is 0.000000109. The number of fused-ring (bicyclic) bond motifs is 13. The van der Waals surface area contributed by atoms with Crippen molar-refractivity contribution in [3.05, 3.63) is 412 Å². The van der Waals surface area contributed by atoms with Crippen LogP contribution in [-0.4, -0.2) is 75.9 Å². The Morgan fingerprint density at radius 2 is 1.01 bits per heavy atom. The lowest BCUT2D eigenvalue weighted by Gasteiger charge is -2.15. The number of aromatic amines is 2. The van der Waals surface area contributed by atoms with E-state index in [9.17, 15) is 22.2 Å². The number of H-pyrrole nitrogens is 2. The number of esters is 2. The first-order valence-electron chi connectivity index (χ1n) is 39.8. The van der Waals surface area contributed by atoms with Gasteiger partial charge < -0.3 is 37.6 Å². The van der Waals surface area contributed by atoms with Gasteiger partial charge in [-0.25, -0.2) is 17.4 Å². The SMILES string of the molecule is O=C1Cc2ccccc2O1.O=C1OCc2ccccc21.O=S1(=O)C=Cc2ccccc21.O=S1C=Cc2ccccc21.c1ccc2[nH]ncc2c1.c1ccc2c(c1)CCCO2.c1ccc2c(c1)CCO2.c1ccc2c(c1)CCS2.c1ccc2c(c1)COC2.c1ccc2c(c1)OCO2.c1ccc2n[nH]nc2c1.c1ccc2occc2c1.c1ccc2sccc2c1. The van der Waals surface area contributed by atoms with E-state index in [0.29, 0.717) is 36.0 Å². The minimum Gasteiger partial charge on any atom is -0.493 e. The van der Waals surface area contributed by atoms with Crippen LogP contribution < -0.4 is 23.7 Å². The third-order valence-electron chi connectivity index (χ3n) is 19.5. The molecule has 9 aliphatic rings. The molecule has 1 unspecified atom stereocenters. The van der Waals surface area contributed by atoms with Crippen molar-refractivity contribution < 1.29 is 59.8 Å². The molecule has 1 atom stereocenters. The maximum Gasteiger partial charge on any atom is 0.338 e. The van der Waals surface area contributed by atoms with Crippen molar-refractivity contribution in [2.24, 2.45) is 0 Å². The highest BCUT2D eigenvalue weighted by Crippen LogP contribution is 2.33. The largest absolute Gasteiger partial charge is 0.493 e. The van der Waals surface area contributed by atoms with Gasteiger partial charge in [-0.1, -0.05) is 231 Å². The van der Waals surface area contributed by atoms with Gasteiger partial charge in [-0.05, 0) is 178 Å². The van der Waals surface area contributed by atoms with Crippen LogP contribution in [0.3, 0.4) is 0 Å². The van der Waals surface area contributed by atoms with Crippen molar-refractivity contribution >= 4 is 111 Å². The van der Waals surface area contributed by atoms with Crippen LogP contribution in [-0.2, 0) is 80.4 Å². The number of carbonyl (C=O) groups is 2. The molecule has 17 aromatic rings. The van der Waals surface area contributed by atoms with E-state index in [0.717, 1.165) is 122 Å². The number of aryl methyl sites for hydroxylation is 2. The topological polar surface area (TPSA) is 233 Å². The first-order chi connectivity index (χ1) is 60.5. The van der Waals surface area contributed by atoms with Crippen LogP contribution >= 0.6 is 23.1 Å². The zero-order chi connectivity index (χ0) is 84.5. The van der Waals surface area contributed by atoms with Crippen molar-refractivity contribution in [3.63, 3.8) is 0 Å². The Kier molecular flexibility index (Phi) is 31.0. The molecule has 9 aliphatic heterocycles. The Morgan fingerprint density at radius 1 is 0.439 bits per heavy atom. The van der Waals surface area contributed by atoms with Crippen LogP contribution in [0.15, 0.2) is 375 Å². The highest BCUT2D eigenvalue weighted by atomic mass is 32.2. The summed E-state index contributed by atoms with van der Waals surface area (Å²) < 4.78 is 75.7. The number of hydrogen-bond donors (Lipinski definition) is 2. The molecule has 0 bridgehead atoms. The molecule has 0 fully saturated rings. The number of sulfone groups is 1. The van der Waals surface area contributed by atoms with Crippen molar-refractivity contribution in [1.29, 1.82) is 0 Å². The standard InChI is InChI=1S/C9H10O.C8H6O2S.2C8H6O2.C8H6OS.2C8H8O.C8H6O.C8H8S.C8H6S.C7H6N2.C7H6O2.C6H5N3/c1-2-6-9-8(4-1)5-3-7-10-9;9-11(10)6-5-7-3-1-2-4-8(7)11;9-8-7-4-2-1-3-6(7)5-10-8;9-8-5-6-3-1-2-4-7(6)10-8;9-10-6-5-7-3-1-2-4-8(7)10;1-2-4-8-6-9-5-7(8)3-1;4*1-2-4-8-7(3-1)5-6-9-8;1-2-4-7-6(3-1)5-8-9-7;1-2-4-7-6(3-1)8-5-9-7;1-2-4-6-5(3-1)7-9-8-6/h1-2,4,6H,3,5,7H2;1-6H;2*1-4H,5H2;1-6H;2*1-4H,5-6H2;1-6H;1-4H,5-6H2;1-6H;1-5H,(H,8,9);1-4H,5H2;1-4H,(H,7,8,9). The fourth-order valence-electron chi connectivity index (χ4n) is 13.2. The number of furan rings is 1.